The summed E-state index contributed by atoms with van der Waals surface area (Å²) in [4.78, 5) is 0. The van der Waals surface area contributed by atoms with Crippen LogP contribution >= 0.6 is 0 Å². The van der Waals surface area contributed by atoms with Crippen molar-refractivity contribution in [1.29, 1.82) is 0 Å². The Hall–Kier alpha value is -0.0800. The largest absolute Gasteiger partial charge is 0.390 e. The first-order valence-electron chi connectivity index (χ1n) is 6.61. The summed E-state index contributed by atoms with van der Waals surface area (Å²) in [6, 6.07) is 0. The molecule has 1 heterocycles. The molecule has 2 unspecified atom stereocenters. The van der Waals surface area contributed by atoms with E-state index in [1.165, 1.54) is 45.1 Å². The van der Waals surface area contributed by atoms with E-state index in [9.17, 15) is 5.11 Å². The Morgan fingerprint density at radius 1 is 1.20 bits per heavy atom. The van der Waals surface area contributed by atoms with Crippen LogP contribution in [0.5, 0.6) is 0 Å². The van der Waals surface area contributed by atoms with Crippen LogP contribution in [0.25, 0.3) is 0 Å². The molecule has 2 N–H and O–H groups in total. The van der Waals surface area contributed by atoms with Crippen LogP contribution in [0.1, 0.15) is 51.9 Å². The zero-order valence-electron chi connectivity index (χ0n) is 9.97. The molecule has 2 heteroatoms. The van der Waals surface area contributed by atoms with Gasteiger partial charge in [-0.25, -0.2) is 0 Å². The topological polar surface area (TPSA) is 32.3 Å². The first-order chi connectivity index (χ1) is 7.18. The van der Waals surface area contributed by atoms with Crippen molar-refractivity contribution >= 4 is 0 Å². The van der Waals surface area contributed by atoms with E-state index in [1.807, 2.05) is 0 Å². The maximum absolute atomic E-state index is 10.5. The molecule has 2 fully saturated rings. The molecule has 0 aromatic heterocycles. The van der Waals surface area contributed by atoms with Crippen LogP contribution in [0.4, 0.5) is 0 Å². The summed E-state index contributed by atoms with van der Waals surface area (Å²) in [5.41, 5.74) is -0.403. The van der Waals surface area contributed by atoms with Crippen LogP contribution in [-0.2, 0) is 0 Å². The molecule has 1 saturated heterocycles. The molecule has 2 nitrogen and oxygen atoms in total. The third kappa shape index (κ3) is 2.94. The van der Waals surface area contributed by atoms with Crippen molar-refractivity contribution in [1.82, 2.24) is 5.32 Å². The Labute approximate surface area is 93.5 Å². The fourth-order valence-corrected chi connectivity index (χ4v) is 3.40. The van der Waals surface area contributed by atoms with Crippen molar-refractivity contribution in [3.05, 3.63) is 0 Å². The summed E-state index contributed by atoms with van der Waals surface area (Å²) in [6.45, 7) is 4.35. The maximum Gasteiger partial charge on any atom is 0.0650 e. The van der Waals surface area contributed by atoms with Crippen molar-refractivity contribution in [3.8, 4) is 0 Å². The lowest BCUT2D eigenvalue weighted by atomic mass is 9.78. The molecule has 15 heavy (non-hydrogen) atoms. The smallest absolute Gasteiger partial charge is 0.0650 e. The van der Waals surface area contributed by atoms with Gasteiger partial charge in [0.05, 0.1) is 5.60 Å². The molecule has 0 amide bonds. The Bertz CT molecular complexity index is 191. The summed E-state index contributed by atoms with van der Waals surface area (Å²) in [5.74, 6) is 1.27. The van der Waals surface area contributed by atoms with Crippen molar-refractivity contribution in [2.45, 2.75) is 57.5 Å². The van der Waals surface area contributed by atoms with Crippen LogP contribution in [0, 0.1) is 11.8 Å². The number of hydrogen-bond acceptors (Lipinski definition) is 2. The Kier molecular flexibility index (Phi) is 3.68. The number of hydrogen-bond donors (Lipinski definition) is 2. The number of aliphatic hydroxyl groups is 1. The highest BCUT2D eigenvalue weighted by Gasteiger charge is 2.35. The van der Waals surface area contributed by atoms with Gasteiger partial charge in [-0.1, -0.05) is 12.8 Å². The zero-order valence-corrected chi connectivity index (χ0v) is 9.97. The lowest BCUT2D eigenvalue weighted by Crippen LogP contribution is -2.40. The average molecular weight is 211 g/mol. The summed E-state index contributed by atoms with van der Waals surface area (Å²) in [7, 11) is 0. The molecular weight excluding hydrogens is 186 g/mol. The second-order valence-electron chi connectivity index (χ2n) is 5.76. The highest BCUT2D eigenvalue weighted by Crippen LogP contribution is 2.38. The first-order valence-corrected chi connectivity index (χ1v) is 6.61. The predicted octanol–water partition coefficient (Wildman–Crippen LogP) is 2.32. The van der Waals surface area contributed by atoms with Gasteiger partial charge in [-0.05, 0) is 64.0 Å². The van der Waals surface area contributed by atoms with Crippen LogP contribution < -0.4 is 5.32 Å². The van der Waals surface area contributed by atoms with E-state index in [1.54, 1.807) is 0 Å². The van der Waals surface area contributed by atoms with E-state index >= 15 is 0 Å². The molecule has 0 spiro atoms. The predicted molar refractivity (Wildman–Crippen MR) is 62.8 cm³/mol. The van der Waals surface area contributed by atoms with E-state index < -0.39 is 5.60 Å². The van der Waals surface area contributed by atoms with Crippen molar-refractivity contribution in [3.63, 3.8) is 0 Å². The van der Waals surface area contributed by atoms with Gasteiger partial charge in [0, 0.05) is 0 Å². The zero-order chi connectivity index (χ0) is 10.7. The van der Waals surface area contributed by atoms with Gasteiger partial charge in [0.1, 0.15) is 0 Å². The van der Waals surface area contributed by atoms with Crippen molar-refractivity contribution in [2.24, 2.45) is 11.8 Å². The van der Waals surface area contributed by atoms with Crippen molar-refractivity contribution in [2.75, 3.05) is 13.1 Å². The molecule has 1 aliphatic heterocycles. The lowest BCUT2D eigenvalue weighted by Gasteiger charge is -2.35. The van der Waals surface area contributed by atoms with Gasteiger partial charge in [0.2, 0.25) is 0 Å². The SMILES string of the molecule is CC(O)(CC1CCCNC1)C1CCCC1. The quantitative estimate of drug-likeness (QED) is 0.751. The fourth-order valence-electron chi connectivity index (χ4n) is 3.40. The van der Waals surface area contributed by atoms with Gasteiger partial charge in [-0.3, -0.25) is 0 Å². The lowest BCUT2D eigenvalue weighted by molar-refractivity contribution is -0.0226. The van der Waals surface area contributed by atoms with E-state index in [2.05, 4.69) is 12.2 Å². The van der Waals surface area contributed by atoms with Gasteiger partial charge in [-0.15, -0.1) is 0 Å². The molecular formula is C13H25NO. The summed E-state index contributed by atoms with van der Waals surface area (Å²) in [6.07, 6.45) is 8.72. The number of rotatable bonds is 3. The van der Waals surface area contributed by atoms with E-state index in [4.69, 9.17) is 0 Å². The molecule has 0 aromatic rings. The van der Waals surface area contributed by atoms with E-state index in [0.29, 0.717) is 11.8 Å². The van der Waals surface area contributed by atoms with Crippen LogP contribution in [0.15, 0.2) is 0 Å². The van der Waals surface area contributed by atoms with E-state index in [0.717, 1.165) is 13.0 Å². The standard InChI is InChI=1S/C13H25NO/c1-13(15,12-6-2-3-7-12)9-11-5-4-8-14-10-11/h11-12,14-15H,2-10H2,1H3. The number of nitrogens with one attached hydrogen (secondary N) is 1. The molecule has 1 aliphatic carbocycles. The van der Waals surface area contributed by atoms with Crippen LogP contribution in [0.3, 0.4) is 0 Å². The second kappa shape index (κ2) is 4.84. The molecule has 0 bridgehead atoms. The van der Waals surface area contributed by atoms with Gasteiger partial charge in [0.15, 0.2) is 0 Å². The van der Waals surface area contributed by atoms with Gasteiger partial charge in [-0.2, -0.15) is 0 Å². The average Bonchev–Trinajstić information content (AvgIpc) is 2.71. The minimum Gasteiger partial charge on any atom is -0.390 e. The molecule has 2 rings (SSSR count). The third-order valence-electron chi connectivity index (χ3n) is 4.34. The molecule has 1 saturated carbocycles. The summed E-state index contributed by atoms with van der Waals surface area (Å²) >= 11 is 0. The molecule has 0 radical (unpaired) electrons. The number of piperidine rings is 1. The third-order valence-corrected chi connectivity index (χ3v) is 4.34. The molecule has 88 valence electrons. The van der Waals surface area contributed by atoms with Crippen LogP contribution in [-0.4, -0.2) is 23.8 Å². The second-order valence-corrected chi connectivity index (χ2v) is 5.76. The van der Waals surface area contributed by atoms with Gasteiger partial charge < -0.3 is 10.4 Å². The molecule has 2 atom stereocenters. The molecule has 0 aromatic carbocycles. The minimum absolute atomic E-state index is 0.403. The first kappa shape index (κ1) is 11.4. The Morgan fingerprint density at radius 3 is 2.53 bits per heavy atom. The maximum atomic E-state index is 10.5. The van der Waals surface area contributed by atoms with E-state index in [-0.39, 0.29) is 0 Å². The Morgan fingerprint density at radius 2 is 1.93 bits per heavy atom. The fraction of sp³-hybridized carbons (Fsp3) is 1.00. The van der Waals surface area contributed by atoms with Gasteiger partial charge in [0.25, 0.3) is 0 Å². The summed E-state index contributed by atoms with van der Waals surface area (Å²) in [5, 5.41) is 14.0. The van der Waals surface area contributed by atoms with Gasteiger partial charge >= 0.3 is 0 Å². The minimum atomic E-state index is -0.403. The van der Waals surface area contributed by atoms with Crippen LogP contribution in [0.2, 0.25) is 0 Å². The molecule has 2 aliphatic rings. The Balaban J connectivity index is 1.84. The highest BCUT2D eigenvalue weighted by molar-refractivity contribution is 4.88. The summed E-state index contributed by atoms with van der Waals surface area (Å²) < 4.78 is 0. The van der Waals surface area contributed by atoms with Crippen molar-refractivity contribution < 1.29 is 5.11 Å². The normalized spacial score (nSPS) is 32.8. The highest BCUT2D eigenvalue weighted by atomic mass is 16.3. The monoisotopic (exact) mass is 211 g/mol.